The van der Waals surface area contributed by atoms with Crippen LogP contribution in [0, 0.1) is 68.1 Å². The van der Waals surface area contributed by atoms with Crippen molar-refractivity contribution in [2.24, 2.45) is 0 Å². The summed E-state index contributed by atoms with van der Waals surface area (Å²) in [6.07, 6.45) is 21.3. The Morgan fingerprint density at radius 2 is 0.662 bits per heavy atom. The average Bonchev–Trinajstić information content (AvgIpc) is 1.72. The van der Waals surface area contributed by atoms with E-state index in [-0.39, 0.29) is 5.82 Å². The van der Waals surface area contributed by atoms with Crippen LogP contribution >= 0.6 is 23.2 Å². The summed E-state index contributed by atoms with van der Waals surface area (Å²) in [4.78, 5) is 98.2. The first-order chi connectivity index (χ1) is 64.7. The Balaban J connectivity index is 0.000000119. The number of aromatic nitrogens is 25. The quantitative estimate of drug-likeness (QED) is 0.0300. The molecule has 0 unspecified atom stereocenters. The Morgan fingerprint density at radius 3 is 1.06 bits per heavy atom. The number of H-pyrrole nitrogens is 7. The van der Waals surface area contributed by atoms with Gasteiger partial charge in [-0.15, -0.1) is 0 Å². The van der Waals surface area contributed by atoms with Crippen molar-refractivity contribution >= 4 is 141 Å². The molecule has 21 rings (SSSR count). The Morgan fingerprint density at radius 1 is 0.293 bits per heavy atom. The third-order valence-corrected chi connectivity index (χ3v) is 21.4. The maximum Gasteiger partial charge on any atom is 0.143 e. The minimum atomic E-state index is -0.216. The van der Waals surface area contributed by atoms with E-state index in [2.05, 4.69) is 162 Å². The third-order valence-electron chi connectivity index (χ3n) is 20.6. The second-order valence-electron chi connectivity index (χ2n) is 31.0. The first kappa shape index (κ1) is 91.3. The molecule has 0 amide bonds. The van der Waals surface area contributed by atoms with Crippen molar-refractivity contribution in [3.63, 3.8) is 0 Å². The van der Waals surface area contributed by atoms with Crippen LogP contribution in [0.25, 0.3) is 77.2 Å². The first-order valence-electron chi connectivity index (χ1n) is 42.4. The number of anilines is 7. The number of ether oxygens (including phenoxy) is 1. The SMILES string of the molecule is COc1ccccc1CNc1ncnc2[nH]c(C)cc12.Cc1cc(F)cc(CNc2ncnc3[nH]c(C)cc23)c1.Cc1cc2c(NCc3cccc(C)c3Cl)ncnc2[nH]1.Cc1cc2c(NCc3cccc(Cl)c3)ncnc2[nH]1.Cc1cc2c(NCc3ccccn3)ncnc2[nH]1.Cc1cc2c(NCc3cccnc3)ncnc2[nH]1.Cc1cc2c(NCc3cnccn3)ncnc2[nH]1. The Bertz CT molecular complexity index is 7120. The molecule has 0 aliphatic rings. The molecule has 17 aromatic heterocycles. The van der Waals surface area contributed by atoms with Crippen molar-refractivity contribution in [2.75, 3.05) is 44.3 Å². The maximum absolute atomic E-state index is 13.4. The number of hydrogen-bond acceptors (Lipinski definition) is 26. The molecule has 0 saturated carbocycles. The molecule has 0 aliphatic heterocycles. The summed E-state index contributed by atoms with van der Waals surface area (Å²) in [6.45, 7) is 22.3. The Hall–Kier alpha value is -16.5. The van der Waals surface area contributed by atoms with Crippen LogP contribution in [0.1, 0.15) is 90.2 Å². The molecule has 0 fully saturated rings. The highest BCUT2D eigenvalue weighted by Gasteiger charge is 2.16. The molecule has 36 heteroatoms. The molecule has 0 saturated heterocycles. The highest BCUT2D eigenvalue weighted by Crippen LogP contribution is 2.30. The predicted octanol–water partition coefficient (Wildman–Crippen LogP) is 19.8. The lowest BCUT2D eigenvalue weighted by Gasteiger charge is -2.10. The molecular formula is C97H97Cl2FN32O. The Labute approximate surface area is 773 Å². The van der Waals surface area contributed by atoms with Gasteiger partial charge < -0.3 is 76.8 Å². The lowest BCUT2D eigenvalue weighted by molar-refractivity contribution is 0.410. The van der Waals surface area contributed by atoms with Gasteiger partial charge >= 0.3 is 0 Å². The number of aryl methyl sites for hydroxylation is 9. The molecule has 21 aromatic rings. The van der Waals surface area contributed by atoms with Gasteiger partial charge in [-0.3, -0.25) is 19.9 Å². The summed E-state index contributed by atoms with van der Waals surface area (Å²) in [5.41, 5.74) is 22.5. The number of nitrogens with zero attached hydrogens (tertiary/aromatic N) is 18. The van der Waals surface area contributed by atoms with Crippen molar-refractivity contribution in [2.45, 2.75) is 108 Å². The van der Waals surface area contributed by atoms with E-state index in [1.54, 1.807) is 69.7 Å². The number of methoxy groups -OCH3 is 1. The van der Waals surface area contributed by atoms with E-state index >= 15 is 0 Å². The summed E-state index contributed by atoms with van der Waals surface area (Å²) >= 11 is 12.3. The second kappa shape index (κ2) is 44.0. The van der Waals surface area contributed by atoms with Crippen LogP contribution < -0.4 is 42.0 Å². The fourth-order valence-corrected chi connectivity index (χ4v) is 14.8. The number of hydrogen-bond donors (Lipinski definition) is 14. The van der Waals surface area contributed by atoms with Gasteiger partial charge in [0.05, 0.1) is 75.5 Å². The van der Waals surface area contributed by atoms with E-state index in [0.29, 0.717) is 45.8 Å². The first-order valence-corrected chi connectivity index (χ1v) is 43.2. The number of aromatic amines is 7. The number of halogens is 3. The van der Waals surface area contributed by atoms with Crippen molar-refractivity contribution < 1.29 is 9.13 Å². The van der Waals surface area contributed by atoms with Crippen LogP contribution in [0.15, 0.2) is 239 Å². The third kappa shape index (κ3) is 24.7. The monoisotopic (exact) mass is 1810 g/mol. The van der Waals surface area contributed by atoms with Crippen LogP contribution in [0.2, 0.25) is 10.0 Å². The number of benzene rings is 4. The van der Waals surface area contributed by atoms with Crippen LogP contribution in [0.3, 0.4) is 0 Å². The van der Waals surface area contributed by atoms with E-state index < -0.39 is 0 Å². The summed E-state index contributed by atoms with van der Waals surface area (Å²) in [6, 6.07) is 50.8. The zero-order valence-corrected chi connectivity index (χ0v) is 76.1. The van der Waals surface area contributed by atoms with E-state index in [4.69, 9.17) is 27.9 Å². The summed E-state index contributed by atoms with van der Waals surface area (Å²) in [5, 5.41) is 31.5. The minimum absolute atomic E-state index is 0.216. The van der Waals surface area contributed by atoms with E-state index in [1.807, 2.05) is 214 Å². The van der Waals surface area contributed by atoms with Gasteiger partial charge in [0.25, 0.3) is 0 Å². The molecule has 0 aliphatic carbocycles. The normalized spacial score (nSPS) is 10.8. The van der Waals surface area contributed by atoms with Crippen LogP contribution in [0.4, 0.5) is 45.1 Å². The van der Waals surface area contributed by atoms with Crippen molar-refractivity contribution in [3.05, 3.63) is 345 Å². The smallest absolute Gasteiger partial charge is 0.143 e. The fraction of sp³-hybridized carbons (Fsp3) is 0.175. The van der Waals surface area contributed by atoms with E-state index in [1.165, 1.54) is 24.8 Å². The van der Waals surface area contributed by atoms with Gasteiger partial charge in [-0.1, -0.05) is 89.9 Å². The average molecular weight is 1820 g/mol. The van der Waals surface area contributed by atoms with Gasteiger partial charge in [-0.05, 0) is 187 Å². The zero-order valence-electron chi connectivity index (χ0n) is 74.6. The van der Waals surface area contributed by atoms with Gasteiger partial charge in [0.1, 0.15) is 136 Å². The van der Waals surface area contributed by atoms with Gasteiger partial charge in [-0.25, -0.2) is 74.2 Å². The number of rotatable bonds is 22. The number of para-hydroxylation sites is 1. The van der Waals surface area contributed by atoms with E-state index in [9.17, 15) is 4.39 Å². The second-order valence-corrected chi connectivity index (χ2v) is 31.9. The number of fused-ring (bicyclic) bond motifs is 7. The molecule has 17 heterocycles. The van der Waals surface area contributed by atoms with Crippen molar-refractivity contribution in [3.8, 4) is 5.75 Å². The van der Waals surface area contributed by atoms with Gasteiger partial charge in [0.15, 0.2) is 0 Å². The van der Waals surface area contributed by atoms with Gasteiger partial charge in [0.2, 0.25) is 0 Å². The van der Waals surface area contributed by atoms with Crippen LogP contribution in [-0.2, 0) is 45.8 Å². The highest BCUT2D eigenvalue weighted by molar-refractivity contribution is 6.32. The van der Waals surface area contributed by atoms with Gasteiger partial charge in [0, 0.05) is 119 Å². The fourth-order valence-electron chi connectivity index (χ4n) is 14.4. The summed E-state index contributed by atoms with van der Waals surface area (Å²) in [7, 11) is 1.68. The standard InChI is InChI=1S/C15H15ClN4.C15H15FN4.C15H16N4O.C14H13ClN4.2C13H13N5.C12H12N6/c1-9-4-3-5-11(13(9)16)7-17-14-12-6-10(2)20-15(12)19-8-18-14;1-9-3-11(6-12(16)4-9)7-17-14-13-5-10(2)20-15(13)19-8-18-14;1-10-7-12-14(17-9-18-15(12)19-10)16-8-11-5-3-4-6-13(11)20-2;1-9-5-12-13(17-8-18-14(12)19-9)16-7-10-3-2-4-11(15)6-10;1-9-5-11-12(16-8-17-13(11)18-9)15-7-10-3-2-4-14-6-10;1-9-6-11-12(16-8-17-13(11)18-9)15-7-10-4-2-3-5-14-10;1-8-4-10-11(16-7-17-12(10)18-8)15-6-9-5-13-2-3-14-9/h2*3-6,8H,7H2,1-2H3,(H2,17,18,19,20);3-7,9H,8H2,1-2H3,(H2,16,17,18,19);2-6,8H,7H2,1H3,(H2,16,17,18,19);2*2-6,8H,7H2,1H3,(H2,15,16,17,18);2-5,7H,6H2,1H3,(H2,15,16,17,18). The van der Waals surface area contributed by atoms with E-state index in [0.717, 1.165) is 224 Å². The van der Waals surface area contributed by atoms with Gasteiger partial charge in [-0.2, -0.15) is 0 Å². The Kier molecular flexibility index (Phi) is 30.2. The van der Waals surface area contributed by atoms with Crippen molar-refractivity contribution in [1.29, 1.82) is 0 Å². The van der Waals surface area contributed by atoms with Crippen LogP contribution in [-0.4, -0.2) is 132 Å². The molecule has 4 aromatic carbocycles. The minimum Gasteiger partial charge on any atom is -0.496 e. The molecule has 0 bridgehead atoms. The molecular weight excluding hydrogens is 1720 g/mol. The maximum atomic E-state index is 13.4. The number of pyridine rings is 2. The molecule has 14 N–H and O–H groups in total. The van der Waals surface area contributed by atoms with Crippen LogP contribution in [0.5, 0.6) is 5.75 Å². The lowest BCUT2D eigenvalue weighted by Crippen LogP contribution is -2.03. The molecule has 0 atom stereocenters. The number of nitrogens with one attached hydrogen (secondary N) is 14. The zero-order chi connectivity index (χ0) is 92.5. The lowest BCUT2D eigenvalue weighted by atomic mass is 10.1. The molecule has 672 valence electrons. The topological polar surface area (TPSA) is 436 Å². The molecule has 133 heavy (non-hydrogen) atoms. The van der Waals surface area contributed by atoms with Crippen molar-refractivity contribution in [1.82, 2.24) is 125 Å². The largest absolute Gasteiger partial charge is 0.496 e. The highest BCUT2D eigenvalue weighted by atomic mass is 35.5. The summed E-state index contributed by atoms with van der Waals surface area (Å²) < 4.78 is 18.7. The molecule has 33 nitrogen and oxygen atoms in total. The predicted molar refractivity (Wildman–Crippen MR) is 524 cm³/mol. The molecule has 0 spiro atoms. The summed E-state index contributed by atoms with van der Waals surface area (Å²) in [5.74, 6) is 6.35. The molecule has 0 radical (unpaired) electrons.